The molecule has 4 rings (SSSR count). The van der Waals surface area contributed by atoms with Crippen molar-refractivity contribution in [3.63, 3.8) is 0 Å². The van der Waals surface area contributed by atoms with Crippen molar-refractivity contribution in [1.29, 1.82) is 0 Å². The van der Waals surface area contributed by atoms with Crippen LogP contribution in [0.3, 0.4) is 0 Å². The van der Waals surface area contributed by atoms with Crippen molar-refractivity contribution in [2.24, 2.45) is 0 Å². The van der Waals surface area contributed by atoms with E-state index in [4.69, 9.17) is 0 Å². The number of fused-ring (bicyclic) bond motifs is 1. The maximum absolute atomic E-state index is 4.59. The molecule has 2 aliphatic rings. The van der Waals surface area contributed by atoms with Crippen LogP contribution in [0.25, 0.3) is 0 Å². The van der Waals surface area contributed by atoms with Crippen LogP contribution < -0.4 is 5.32 Å². The molecule has 2 heterocycles. The van der Waals surface area contributed by atoms with Gasteiger partial charge in [0.1, 0.15) is 0 Å². The van der Waals surface area contributed by atoms with Crippen LogP contribution in [0.15, 0.2) is 37.1 Å². The van der Waals surface area contributed by atoms with Gasteiger partial charge >= 0.3 is 0 Å². The van der Waals surface area contributed by atoms with Gasteiger partial charge in [0.2, 0.25) is 0 Å². The Labute approximate surface area is 119 Å². The van der Waals surface area contributed by atoms with Gasteiger partial charge in [-0.25, -0.2) is 4.98 Å². The second-order valence-electron chi connectivity index (χ2n) is 5.92. The van der Waals surface area contributed by atoms with Crippen LogP contribution in [-0.2, 0) is 6.42 Å². The van der Waals surface area contributed by atoms with Gasteiger partial charge in [0.15, 0.2) is 0 Å². The monoisotopic (exact) mass is 268 g/mol. The summed E-state index contributed by atoms with van der Waals surface area (Å²) in [6, 6.07) is 5.78. The first-order chi connectivity index (χ1) is 9.92. The summed E-state index contributed by atoms with van der Waals surface area (Å²) in [6.45, 7) is 0. The van der Waals surface area contributed by atoms with E-state index in [1.165, 1.54) is 36.9 Å². The number of rotatable bonds is 3. The Balaban J connectivity index is 1.52. The van der Waals surface area contributed by atoms with Gasteiger partial charge in [-0.1, -0.05) is 6.07 Å². The smallest absolute Gasteiger partial charge is 0.0949 e. The van der Waals surface area contributed by atoms with E-state index < -0.39 is 0 Å². The maximum atomic E-state index is 4.59. The number of aromatic nitrogens is 3. The third-order valence-corrected chi connectivity index (χ3v) is 4.76. The molecule has 4 nitrogen and oxygen atoms in total. The van der Waals surface area contributed by atoms with Gasteiger partial charge in [0, 0.05) is 30.7 Å². The highest BCUT2D eigenvalue weighted by Crippen LogP contribution is 2.35. The molecule has 20 heavy (non-hydrogen) atoms. The Hall–Kier alpha value is -1.68. The van der Waals surface area contributed by atoms with Crippen LogP contribution in [-0.4, -0.2) is 20.6 Å². The molecule has 2 aromatic heterocycles. The molecule has 2 aliphatic carbocycles. The highest BCUT2D eigenvalue weighted by molar-refractivity contribution is 5.28. The number of nitrogens with zero attached hydrogens (tertiary/aromatic N) is 3. The van der Waals surface area contributed by atoms with Crippen molar-refractivity contribution in [1.82, 2.24) is 19.9 Å². The third-order valence-electron chi connectivity index (χ3n) is 4.76. The predicted molar refractivity (Wildman–Crippen MR) is 77.3 cm³/mol. The zero-order valence-corrected chi connectivity index (χ0v) is 11.6. The minimum absolute atomic E-state index is 0.431. The zero-order valence-electron chi connectivity index (χ0n) is 11.6. The van der Waals surface area contributed by atoms with E-state index in [1.807, 2.05) is 24.8 Å². The van der Waals surface area contributed by atoms with E-state index in [0.29, 0.717) is 18.1 Å². The van der Waals surface area contributed by atoms with Crippen LogP contribution in [0.1, 0.15) is 49.0 Å². The summed E-state index contributed by atoms with van der Waals surface area (Å²) in [7, 11) is 0. The lowest BCUT2D eigenvalue weighted by molar-refractivity contribution is 0.349. The second-order valence-corrected chi connectivity index (χ2v) is 5.92. The van der Waals surface area contributed by atoms with Crippen molar-refractivity contribution < 1.29 is 0 Å². The largest absolute Gasteiger partial charge is 0.333 e. The Bertz CT molecular complexity index is 578. The molecule has 0 bridgehead atoms. The zero-order chi connectivity index (χ0) is 13.4. The van der Waals surface area contributed by atoms with Crippen molar-refractivity contribution in [2.75, 3.05) is 0 Å². The predicted octanol–water partition coefficient (Wildman–Crippen LogP) is 2.65. The normalized spacial score (nSPS) is 28.7. The molecule has 1 fully saturated rings. The lowest BCUT2D eigenvalue weighted by Gasteiger charge is -2.25. The van der Waals surface area contributed by atoms with Gasteiger partial charge in [-0.2, -0.15) is 0 Å². The first kappa shape index (κ1) is 12.1. The molecule has 3 unspecified atom stereocenters. The molecule has 0 saturated heterocycles. The molecular weight excluding hydrogens is 248 g/mol. The van der Waals surface area contributed by atoms with Gasteiger partial charge in [0.05, 0.1) is 18.1 Å². The van der Waals surface area contributed by atoms with E-state index in [0.717, 1.165) is 6.42 Å². The Morgan fingerprint density at radius 3 is 3.10 bits per heavy atom. The summed E-state index contributed by atoms with van der Waals surface area (Å²) in [6.07, 6.45) is 14.0. The molecule has 4 heteroatoms. The summed E-state index contributed by atoms with van der Waals surface area (Å²) in [5, 5.41) is 3.86. The number of hydrogen-bond donors (Lipinski definition) is 1. The maximum Gasteiger partial charge on any atom is 0.0949 e. The number of aryl methyl sites for hydroxylation is 1. The number of hydrogen-bond acceptors (Lipinski definition) is 3. The number of pyridine rings is 1. The van der Waals surface area contributed by atoms with Crippen LogP contribution >= 0.6 is 0 Å². The Morgan fingerprint density at radius 1 is 1.20 bits per heavy atom. The molecule has 1 saturated carbocycles. The van der Waals surface area contributed by atoms with Gasteiger partial charge in [-0.15, -0.1) is 0 Å². The van der Waals surface area contributed by atoms with Crippen molar-refractivity contribution in [3.8, 4) is 0 Å². The first-order valence-electron chi connectivity index (χ1n) is 7.59. The molecule has 0 radical (unpaired) electrons. The lowest BCUT2D eigenvalue weighted by Crippen LogP contribution is -2.36. The summed E-state index contributed by atoms with van der Waals surface area (Å²) >= 11 is 0. The molecule has 1 N–H and O–H groups in total. The summed E-state index contributed by atoms with van der Waals surface area (Å²) in [4.78, 5) is 8.78. The highest BCUT2D eigenvalue weighted by Gasteiger charge is 2.32. The van der Waals surface area contributed by atoms with Gasteiger partial charge in [-0.05, 0) is 43.7 Å². The van der Waals surface area contributed by atoms with E-state index in [-0.39, 0.29) is 0 Å². The lowest BCUT2D eigenvalue weighted by atomic mass is 10.1. The molecule has 0 spiro atoms. The van der Waals surface area contributed by atoms with Gasteiger partial charge < -0.3 is 9.88 Å². The molecule has 3 atom stereocenters. The minimum Gasteiger partial charge on any atom is -0.333 e. The average molecular weight is 268 g/mol. The minimum atomic E-state index is 0.431. The fourth-order valence-electron chi connectivity index (χ4n) is 3.79. The third kappa shape index (κ3) is 2.04. The molecule has 104 valence electrons. The van der Waals surface area contributed by atoms with Crippen LogP contribution in [0.5, 0.6) is 0 Å². The summed E-state index contributed by atoms with van der Waals surface area (Å²) < 4.78 is 2.26. The van der Waals surface area contributed by atoms with E-state index in [1.54, 1.807) is 0 Å². The van der Waals surface area contributed by atoms with Crippen LogP contribution in [0.2, 0.25) is 0 Å². The number of imidazole rings is 1. The van der Waals surface area contributed by atoms with E-state index in [2.05, 4.69) is 32.1 Å². The molecular formula is C16H20N4. The topological polar surface area (TPSA) is 42.7 Å². The standard InChI is InChI=1S/C16H20N4/c1-4-13(15(5-1)20-10-9-17-11-20)19-14-7-6-12-3-2-8-18-16(12)14/h2-3,8-11,13-15,19H,1,4-7H2. The molecule has 0 aromatic carbocycles. The molecule has 2 aromatic rings. The summed E-state index contributed by atoms with van der Waals surface area (Å²) in [5.41, 5.74) is 2.69. The van der Waals surface area contributed by atoms with Crippen molar-refractivity contribution in [2.45, 2.75) is 50.2 Å². The van der Waals surface area contributed by atoms with Gasteiger partial charge in [-0.3, -0.25) is 4.98 Å². The summed E-state index contributed by atoms with van der Waals surface area (Å²) in [5.74, 6) is 0. The number of nitrogens with one attached hydrogen (secondary N) is 1. The Kier molecular flexibility index (Phi) is 3.03. The molecule has 0 aliphatic heterocycles. The SMILES string of the molecule is c1cnc2c(c1)CCC2NC1CCCC1n1ccnc1. The fraction of sp³-hybridized carbons (Fsp3) is 0.500. The quantitative estimate of drug-likeness (QED) is 0.930. The average Bonchev–Trinajstić information content (AvgIpc) is 3.19. The van der Waals surface area contributed by atoms with Crippen molar-refractivity contribution in [3.05, 3.63) is 48.3 Å². The second kappa shape index (κ2) is 5.02. The molecule has 0 amide bonds. The fourth-order valence-corrected chi connectivity index (χ4v) is 3.79. The van der Waals surface area contributed by atoms with Crippen LogP contribution in [0.4, 0.5) is 0 Å². The highest BCUT2D eigenvalue weighted by atomic mass is 15.1. The Morgan fingerprint density at radius 2 is 2.20 bits per heavy atom. The first-order valence-corrected chi connectivity index (χ1v) is 7.59. The van der Waals surface area contributed by atoms with E-state index >= 15 is 0 Å². The van der Waals surface area contributed by atoms with Crippen LogP contribution in [0, 0.1) is 0 Å². The van der Waals surface area contributed by atoms with Gasteiger partial charge in [0.25, 0.3) is 0 Å². The van der Waals surface area contributed by atoms with E-state index in [9.17, 15) is 0 Å². The van der Waals surface area contributed by atoms with Crippen molar-refractivity contribution >= 4 is 0 Å².